The zero-order valence-electron chi connectivity index (χ0n) is 21.0. The topological polar surface area (TPSA) is 55.8 Å². The van der Waals surface area contributed by atoms with Gasteiger partial charge in [0.1, 0.15) is 17.8 Å². The lowest BCUT2D eigenvalue weighted by molar-refractivity contribution is -0.108. The summed E-state index contributed by atoms with van der Waals surface area (Å²) in [4.78, 5) is 26.4. The number of amides is 1. The van der Waals surface area contributed by atoms with Gasteiger partial charge < -0.3 is 19.2 Å². The van der Waals surface area contributed by atoms with E-state index in [0.29, 0.717) is 50.0 Å². The van der Waals surface area contributed by atoms with Gasteiger partial charge in [0.2, 0.25) is 0 Å². The molecule has 0 N–H and O–H groups in total. The van der Waals surface area contributed by atoms with Gasteiger partial charge in [-0.1, -0.05) is 45.4 Å². The van der Waals surface area contributed by atoms with Gasteiger partial charge >= 0.3 is 0 Å². The van der Waals surface area contributed by atoms with Gasteiger partial charge in [-0.15, -0.1) is 0 Å². The largest absolute Gasteiger partial charge is 0.493 e. The Morgan fingerprint density at radius 1 is 1.09 bits per heavy atom. The van der Waals surface area contributed by atoms with Crippen molar-refractivity contribution in [2.24, 2.45) is 5.92 Å². The average Bonchev–Trinajstić information content (AvgIpc) is 3.26. The molecule has 1 atom stereocenters. The molecule has 0 aromatic heterocycles. The van der Waals surface area contributed by atoms with Crippen molar-refractivity contribution in [1.82, 2.24) is 4.90 Å². The zero-order valence-corrected chi connectivity index (χ0v) is 21.0. The molecule has 1 aliphatic carbocycles. The third kappa shape index (κ3) is 6.40. The van der Waals surface area contributed by atoms with E-state index in [-0.39, 0.29) is 5.91 Å². The van der Waals surface area contributed by atoms with Crippen molar-refractivity contribution < 1.29 is 19.1 Å². The van der Waals surface area contributed by atoms with Crippen LogP contribution in [-0.4, -0.2) is 43.4 Å². The number of benzene rings is 1. The highest BCUT2D eigenvalue weighted by Gasteiger charge is 2.30. The molecule has 1 aliphatic heterocycles. The Labute approximate surface area is 204 Å². The Bertz CT molecular complexity index is 959. The minimum atomic E-state index is -0.0265. The zero-order chi connectivity index (χ0) is 24.5. The van der Waals surface area contributed by atoms with E-state index in [4.69, 9.17) is 9.47 Å². The van der Waals surface area contributed by atoms with Gasteiger partial charge in [0.15, 0.2) is 0 Å². The van der Waals surface area contributed by atoms with E-state index in [0.717, 1.165) is 61.7 Å². The molecule has 3 rings (SSSR count). The molecular formula is C29H39NO4. The summed E-state index contributed by atoms with van der Waals surface area (Å²) in [5.41, 5.74) is 4.82. The van der Waals surface area contributed by atoms with Crippen LogP contribution in [0.2, 0.25) is 0 Å². The number of allylic oxidation sites excluding steroid dienone is 2. The fourth-order valence-electron chi connectivity index (χ4n) is 4.46. The fourth-order valence-corrected chi connectivity index (χ4v) is 4.46. The summed E-state index contributed by atoms with van der Waals surface area (Å²) in [5.74, 6) is 1.66. The van der Waals surface area contributed by atoms with Crippen LogP contribution in [0.1, 0.15) is 81.6 Å². The van der Waals surface area contributed by atoms with Crippen molar-refractivity contribution in [3.63, 3.8) is 0 Å². The van der Waals surface area contributed by atoms with Crippen LogP contribution in [0, 0.1) is 5.92 Å². The van der Waals surface area contributed by atoms with E-state index in [1.807, 2.05) is 24.0 Å². The summed E-state index contributed by atoms with van der Waals surface area (Å²) in [6.45, 7) is 12.7. The van der Waals surface area contributed by atoms with Crippen LogP contribution < -0.4 is 9.47 Å². The lowest BCUT2D eigenvalue weighted by Crippen LogP contribution is -2.30. The van der Waals surface area contributed by atoms with E-state index < -0.39 is 0 Å². The van der Waals surface area contributed by atoms with Crippen LogP contribution in [0.4, 0.5) is 0 Å². The number of carbonyl (C=O) groups is 2. The molecule has 5 nitrogen and oxygen atoms in total. The maximum atomic E-state index is 13.7. The fraction of sp³-hybridized carbons (Fsp3) is 0.517. The van der Waals surface area contributed by atoms with Gasteiger partial charge in [-0.05, 0) is 61.3 Å². The molecule has 0 saturated heterocycles. The molecule has 0 fully saturated rings. The van der Waals surface area contributed by atoms with Crippen molar-refractivity contribution in [3.05, 3.63) is 53.1 Å². The second-order valence-corrected chi connectivity index (χ2v) is 9.39. The number of carbonyl (C=O) groups excluding carboxylic acids is 2. The highest BCUT2D eigenvalue weighted by Crippen LogP contribution is 2.37. The lowest BCUT2D eigenvalue weighted by Gasteiger charge is -2.22. The van der Waals surface area contributed by atoms with Crippen molar-refractivity contribution in [3.8, 4) is 11.5 Å². The molecule has 1 unspecified atom stereocenters. The molecular weight excluding hydrogens is 426 g/mol. The smallest absolute Gasteiger partial charge is 0.258 e. The Morgan fingerprint density at radius 3 is 2.38 bits per heavy atom. The molecule has 1 aromatic carbocycles. The van der Waals surface area contributed by atoms with Crippen molar-refractivity contribution in [1.29, 1.82) is 0 Å². The Hall–Kier alpha value is -2.82. The monoisotopic (exact) mass is 465 g/mol. The second kappa shape index (κ2) is 12.6. The highest BCUT2D eigenvalue weighted by molar-refractivity contribution is 5.99. The minimum Gasteiger partial charge on any atom is -0.493 e. The van der Waals surface area contributed by atoms with Crippen LogP contribution in [0.25, 0.3) is 5.57 Å². The molecule has 1 amide bonds. The number of ether oxygens (including phenoxy) is 2. The first-order valence-corrected chi connectivity index (χ1v) is 12.7. The van der Waals surface area contributed by atoms with Crippen LogP contribution in [0.15, 0.2) is 42.0 Å². The van der Waals surface area contributed by atoms with Crippen LogP contribution in [0.3, 0.4) is 0 Å². The molecule has 1 heterocycles. The number of rotatable bonds is 13. The van der Waals surface area contributed by atoms with E-state index in [9.17, 15) is 9.59 Å². The maximum absolute atomic E-state index is 13.7. The van der Waals surface area contributed by atoms with E-state index >= 15 is 0 Å². The first kappa shape index (κ1) is 25.8. The Balaban J connectivity index is 1.83. The number of nitrogens with zero attached hydrogens (tertiary/aromatic N) is 1. The van der Waals surface area contributed by atoms with Crippen molar-refractivity contribution in [2.45, 2.75) is 65.7 Å². The quantitative estimate of drug-likeness (QED) is 0.250. The predicted molar refractivity (Wildman–Crippen MR) is 137 cm³/mol. The predicted octanol–water partition coefficient (Wildman–Crippen LogP) is 6.39. The SMILES string of the molecule is C=C(C)c1cc(C(=O)N2CC3=C(CC(CCC=O)C=C3)C2)c(OCCCC)cc1OCCCC. The second-order valence-electron chi connectivity index (χ2n) is 9.39. The summed E-state index contributed by atoms with van der Waals surface area (Å²) in [6.07, 6.45) is 11.6. The molecule has 184 valence electrons. The third-order valence-electron chi connectivity index (χ3n) is 6.50. The number of aldehydes is 1. The first-order valence-electron chi connectivity index (χ1n) is 12.7. The molecule has 0 saturated carbocycles. The number of hydrogen-bond donors (Lipinski definition) is 0. The van der Waals surface area contributed by atoms with E-state index in [1.165, 1.54) is 11.1 Å². The molecule has 0 bridgehead atoms. The van der Waals surface area contributed by atoms with Crippen LogP contribution in [0.5, 0.6) is 11.5 Å². The third-order valence-corrected chi connectivity index (χ3v) is 6.50. The summed E-state index contributed by atoms with van der Waals surface area (Å²) >= 11 is 0. The Morgan fingerprint density at radius 2 is 1.76 bits per heavy atom. The van der Waals surface area contributed by atoms with Gasteiger partial charge in [0, 0.05) is 31.1 Å². The normalized spacial score (nSPS) is 17.0. The van der Waals surface area contributed by atoms with Crippen LogP contribution in [-0.2, 0) is 4.79 Å². The van der Waals surface area contributed by atoms with Gasteiger partial charge in [-0.25, -0.2) is 0 Å². The lowest BCUT2D eigenvalue weighted by atomic mass is 9.88. The standard InChI is InChI=1S/C29H39NO4/c1-5-7-14-33-27-18-28(34-15-8-6-2)26(17-25(27)21(3)4)29(32)30-19-23-12-11-22(10-9-13-31)16-24(23)20-30/h11-13,17-18,22H,3,5-10,14-16,19-20H2,1-2,4H3. The molecule has 0 radical (unpaired) electrons. The summed E-state index contributed by atoms with van der Waals surface area (Å²) in [6, 6.07) is 3.77. The molecule has 1 aromatic rings. The maximum Gasteiger partial charge on any atom is 0.258 e. The van der Waals surface area contributed by atoms with Gasteiger partial charge in [0.05, 0.1) is 18.8 Å². The average molecular weight is 466 g/mol. The Kier molecular flexibility index (Phi) is 9.55. The van der Waals surface area contributed by atoms with Gasteiger partial charge in [-0.3, -0.25) is 4.79 Å². The highest BCUT2D eigenvalue weighted by atomic mass is 16.5. The number of unbranched alkanes of at least 4 members (excludes halogenated alkanes) is 2. The van der Waals surface area contributed by atoms with Crippen LogP contribution >= 0.6 is 0 Å². The summed E-state index contributed by atoms with van der Waals surface area (Å²) < 4.78 is 12.2. The molecule has 5 heteroatoms. The molecule has 0 spiro atoms. The van der Waals surface area contributed by atoms with Gasteiger partial charge in [0.25, 0.3) is 5.91 Å². The van der Waals surface area contributed by atoms with E-state index in [1.54, 1.807) is 0 Å². The molecule has 2 aliphatic rings. The first-order chi connectivity index (χ1) is 16.5. The molecule has 34 heavy (non-hydrogen) atoms. The van der Waals surface area contributed by atoms with Gasteiger partial charge in [-0.2, -0.15) is 0 Å². The summed E-state index contributed by atoms with van der Waals surface area (Å²) in [5, 5.41) is 0. The minimum absolute atomic E-state index is 0.0265. The summed E-state index contributed by atoms with van der Waals surface area (Å²) in [7, 11) is 0. The number of hydrogen-bond acceptors (Lipinski definition) is 4. The van der Waals surface area contributed by atoms with E-state index in [2.05, 4.69) is 32.6 Å². The van der Waals surface area contributed by atoms with Crippen molar-refractivity contribution in [2.75, 3.05) is 26.3 Å². The van der Waals surface area contributed by atoms with Crippen molar-refractivity contribution >= 4 is 17.8 Å².